The predicted octanol–water partition coefficient (Wildman–Crippen LogP) is 2.27. The Hall–Kier alpha value is -1.39. The lowest BCUT2D eigenvalue weighted by Crippen LogP contribution is -2.29. The third kappa shape index (κ3) is 3.55. The average Bonchev–Trinajstić information content (AvgIpc) is 2.48. The van der Waals surface area contributed by atoms with Crippen LogP contribution in [0.15, 0.2) is 30.0 Å². The molecule has 2 rings (SSSR count). The summed E-state index contributed by atoms with van der Waals surface area (Å²) in [7, 11) is 1.74. The van der Waals surface area contributed by atoms with Crippen LogP contribution in [0.1, 0.15) is 31.5 Å². The van der Waals surface area contributed by atoms with Crippen LogP contribution in [0.25, 0.3) is 0 Å². The monoisotopic (exact) mass is 261 g/mol. The number of methoxy groups -OCH3 is 1. The molecule has 1 atom stereocenters. The van der Waals surface area contributed by atoms with E-state index in [1.165, 1.54) is 11.3 Å². The van der Waals surface area contributed by atoms with Crippen LogP contribution >= 0.6 is 0 Å². The van der Waals surface area contributed by atoms with Crippen LogP contribution in [0.4, 0.5) is 5.69 Å². The molecule has 1 aromatic rings. The van der Waals surface area contributed by atoms with Gasteiger partial charge in [-0.15, -0.1) is 0 Å². The van der Waals surface area contributed by atoms with Crippen LogP contribution < -0.4 is 10.6 Å². The number of aromatic nitrogens is 1. The van der Waals surface area contributed by atoms with Crippen LogP contribution in [0.2, 0.25) is 0 Å². The highest BCUT2D eigenvalue weighted by atomic mass is 16.5. The summed E-state index contributed by atoms with van der Waals surface area (Å²) in [4.78, 5) is 6.79. The van der Waals surface area contributed by atoms with Gasteiger partial charge in [0.1, 0.15) is 0 Å². The second kappa shape index (κ2) is 6.68. The van der Waals surface area contributed by atoms with E-state index in [9.17, 15) is 0 Å². The van der Waals surface area contributed by atoms with Crippen LogP contribution in [0.3, 0.4) is 0 Å². The summed E-state index contributed by atoms with van der Waals surface area (Å²) in [5.41, 5.74) is 9.50. The molecule has 4 heteroatoms. The number of nitrogens with two attached hydrogens (primary N) is 1. The van der Waals surface area contributed by atoms with Gasteiger partial charge in [0.05, 0.1) is 24.2 Å². The first-order valence-electron chi connectivity index (χ1n) is 6.88. The molecule has 0 radical (unpaired) electrons. The Morgan fingerprint density at radius 1 is 1.47 bits per heavy atom. The number of rotatable bonds is 5. The summed E-state index contributed by atoms with van der Waals surface area (Å²) in [6.07, 6.45) is 6.15. The van der Waals surface area contributed by atoms with E-state index in [0.717, 1.165) is 38.2 Å². The molecule has 0 bridgehead atoms. The van der Waals surface area contributed by atoms with Gasteiger partial charge in [-0.05, 0) is 30.5 Å². The van der Waals surface area contributed by atoms with Crippen molar-refractivity contribution in [1.82, 2.24) is 4.98 Å². The van der Waals surface area contributed by atoms with Gasteiger partial charge >= 0.3 is 0 Å². The lowest BCUT2D eigenvalue weighted by molar-refractivity contribution is 0.222. The molecule has 0 unspecified atom stereocenters. The molecule has 19 heavy (non-hydrogen) atoms. The molecule has 0 saturated carbocycles. The van der Waals surface area contributed by atoms with E-state index < -0.39 is 0 Å². The molecule has 0 aliphatic carbocycles. The summed E-state index contributed by atoms with van der Waals surface area (Å²) in [6.45, 7) is 4.78. The molecule has 1 aliphatic rings. The van der Waals surface area contributed by atoms with Crippen LogP contribution in [0, 0.1) is 0 Å². The summed E-state index contributed by atoms with van der Waals surface area (Å²) in [5.74, 6) is 0. The fourth-order valence-electron chi connectivity index (χ4n) is 2.28. The fourth-order valence-corrected chi connectivity index (χ4v) is 2.28. The van der Waals surface area contributed by atoms with Crippen molar-refractivity contribution in [3.05, 3.63) is 35.7 Å². The van der Waals surface area contributed by atoms with Crippen molar-refractivity contribution < 1.29 is 4.74 Å². The fraction of sp³-hybridized carbons (Fsp3) is 0.533. The standard InChI is InChI=1S/C15H23N3O/c1-3-14(16)15-5-4-13(10-17-15)18-8-6-12(7-9-18)11-19-2/h4-6,10,14H,3,7-9,11,16H2,1-2H3/t14-/m0/s1. The molecule has 2 N–H and O–H groups in total. The minimum Gasteiger partial charge on any atom is -0.380 e. The molecule has 0 aromatic carbocycles. The van der Waals surface area contributed by atoms with Gasteiger partial charge in [0.2, 0.25) is 0 Å². The van der Waals surface area contributed by atoms with Crippen molar-refractivity contribution >= 4 is 5.69 Å². The number of hydrogen-bond acceptors (Lipinski definition) is 4. The zero-order chi connectivity index (χ0) is 13.7. The third-order valence-corrected chi connectivity index (χ3v) is 3.59. The maximum atomic E-state index is 5.97. The van der Waals surface area contributed by atoms with E-state index in [1.807, 2.05) is 12.3 Å². The number of pyridine rings is 1. The zero-order valence-corrected chi connectivity index (χ0v) is 11.8. The van der Waals surface area contributed by atoms with E-state index in [1.54, 1.807) is 7.11 Å². The minimum absolute atomic E-state index is 0.0450. The predicted molar refractivity (Wildman–Crippen MR) is 78.2 cm³/mol. The van der Waals surface area contributed by atoms with Gasteiger partial charge in [-0.1, -0.05) is 13.0 Å². The quantitative estimate of drug-likeness (QED) is 0.826. The molecular weight excluding hydrogens is 238 g/mol. The van der Waals surface area contributed by atoms with Crippen molar-refractivity contribution in [3.8, 4) is 0 Å². The average molecular weight is 261 g/mol. The summed E-state index contributed by atoms with van der Waals surface area (Å²) in [5, 5.41) is 0. The second-order valence-electron chi connectivity index (χ2n) is 4.95. The summed E-state index contributed by atoms with van der Waals surface area (Å²) >= 11 is 0. The minimum atomic E-state index is 0.0450. The normalized spacial score (nSPS) is 17.2. The van der Waals surface area contributed by atoms with Crippen molar-refractivity contribution in [2.24, 2.45) is 5.73 Å². The van der Waals surface area contributed by atoms with Gasteiger partial charge in [0.25, 0.3) is 0 Å². The van der Waals surface area contributed by atoms with E-state index in [0.29, 0.717) is 0 Å². The smallest absolute Gasteiger partial charge is 0.0674 e. The molecule has 0 spiro atoms. The van der Waals surface area contributed by atoms with E-state index >= 15 is 0 Å². The number of nitrogens with zero attached hydrogens (tertiary/aromatic N) is 2. The Bertz CT molecular complexity index is 428. The number of hydrogen-bond donors (Lipinski definition) is 1. The van der Waals surface area contributed by atoms with E-state index in [-0.39, 0.29) is 6.04 Å². The second-order valence-corrected chi connectivity index (χ2v) is 4.95. The molecular formula is C15H23N3O. The van der Waals surface area contributed by atoms with Crippen LogP contribution in [0.5, 0.6) is 0 Å². The highest BCUT2D eigenvalue weighted by Gasteiger charge is 2.13. The largest absolute Gasteiger partial charge is 0.380 e. The summed E-state index contributed by atoms with van der Waals surface area (Å²) < 4.78 is 5.16. The van der Waals surface area contributed by atoms with Gasteiger partial charge in [-0.25, -0.2) is 0 Å². The topological polar surface area (TPSA) is 51.4 Å². The Morgan fingerprint density at radius 3 is 2.84 bits per heavy atom. The van der Waals surface area contributed by atoms with E-state index in [2.05, 4.69) is 29.0 Å². The van der Waals surface area contributed by atoms with Crippen LogP contribution in [-0.2, 0) is 4.74 Å². The molecule has 1 aromatic heterocycles. The molecule has 0 amide bonds. The van der Waals surface area contributed by atoms with Gasteiger partial charge in [0.15, 0.2) is 0 Å². The molecule has 0 fully saturated rings. The van der Waals surface area contributed by atoms with Crippen molar-refractivity contribution in [3.63, 3.8) is 0 Å². The van der Waals surface area contributed by atoms with E-state index in [4.69, 9.17) is 10.5 Å². The SMILES string of the molecule is CC[C@H](N)c1ccc(N2CC=C(COC)CC2)cn1. The van der Waals surface area contributed by atoms with Gasteiger partial charge in [-0.2, -0.15) is 0 Å². The molecule has 4 nitrogen and oxygen atoms in total. The zero-order valence-electron chi connectivity index (χ0n) is 11.8. The highest BCUT2D eigenvalue weighted by molar-refractivity contribution is 5.46. The number of ether oxygens (including phenoxy) is 1. The third-order valence-electron chi connectivity index (χ3n) is 3.59. The highest BCUT2D eigenvalue weighted by Crippen LogP contribution is 2.20. The maximum Gasteiger partial charge on any atom is 0.0674 e. The molecule has 1 aliphatic heterocycles. The summed E-state index contributed by atoms with van der Waals surface area (Å²) in [6, 6.07) is 4.20. The Kier molecular flexibility index (Phi) is 4.93. The molecule has 104 valence electrons. The first kappa shape index (κ1) is 14.0. The van der Waals surface area contributed by atoms with Crippen molar-refractivity contribution in [2.45, 2.75) is 25.8 Å². The van der Waals surface area contributed by atoms with Gasteiger partial charge in [-0.3, -0.25) is 4.98 Å². The lowest BCUT2D eigenvalue weighted by Gasteiger charge is -2.28. The van der Waals surface area contributed by atoms with Gasteiger partial charge in [0, 0.05) is 26.2 Å². The van der Waals surface area contributed by atoms with Crippen molar-refractivity contribution in [2.75, 3.05) is 31.7 Å². The Labute approximate surface area is 115 Å². The molecule has 0 saturated heterocycles. The first-order chi connectivity index (χ1) is 9.24. The number of anilines is 1. The Morgan fingerprint density at radius 2 is 2.32 bits per heavy atom. The Balaban J connectivity index is 2.00. The van der Waals surface area contributed by atoms with Crippen LogP contribution in [-0.4, -0.2) is 31.8 Å². The molecule has 2 heterocycles. The lowest BCUT2D eigenvalue weighted by atomic mass is 10.1. The van der Waals surface area contributed by atoms with Gasteiger partial charge < -0.3 is 15.4 Å². The van der Waals surface area contributed by atoms with Crippen molar-refractivity contribution in [1.29, 1.82) is 0 Å². The first-order valence-corrected chi connectivity index (χ1v) is 6.88. The maximum absolute atomic E-state index is 5.97.